The lowest BCUT2D eigenvalue weighted by atomic mass is 10.1. The number of hydrogen-bond donors (Lipinski definition) is 1. The van der Waals surface area contributed by atoms with E-state index in [0.29, 0.717) is 6.54 Å². The summed E-state index contributed by atoms with van der Waals surface area (Å²) in [6, 6.07) is 9.68. The van der Waals surface area contributed by atoms with Crippen molar-refractivity contribution >= 4 is 17.0 Å². The first-order valence-electron chi connectivity index (χ1n) is 7.52. The van der Waals surface area contributed by atoms with Crippen molar-refractivity contribution in [3.8, 4) is 0 Å². The second-order valence-corrected chi connectivity index (χ2v) is 6.92. The Bertz CT molecular complexity index is 603. The number of anilines is 1. The van der Waals surface area contributed by atoms with E-state index in [1.54, 1.807) is 17.4 Å². The third-order valence-corrected chi connectivity index (χ3v) is 4.94. The molecule has 4 heteroatoms. The summed E-state index contributed by atoms with van der Waals surface area (Å²) in [5.74, 6) is -0.103. The van der Waals surface area contributed by atoms with Crippen LogP contribution >= 0.6 is 11.3 Å². The van der Waals surface area contributed by atoms with Gasteiger partial charge in [0, 0.05) is 47.2 Å². The van der Waals surface area contributed by atoms with Crippen molar-refractivity contribution in [2.75, 3.05) is 18.0 Å². The quantitative estimate of drug-likeness (QED) is 0.895. The van der Waals surface area contributed by atoms with Gasteiger partial charge < -0.3 is 10.2 Å². The molecular weight excluding hydrogens is 283 g/mol. The van der Waals surface area contributed by atoms with E-state index in [4.69, 9.17) is 0 Å². The van der Waals surface area contributed by atoms with Crippen LogP contribution in [0.3, 0.4) is 0 Å². The van der Waals surface area contributed by atoms with Crippen molar-refractivity contribution < 1.29 is 4.39 Å². The zero-order chi connectivity index (χ0) is 14.7. The topological polar surface area (TPSA) is 15.3 Å². The summed E-state index contributed by atoms with van der Waals surface area (Å²) >= 11 is 1.79. The standard InChI is InChI=1S/C17H21FN2S/c1-13-7-8-14(21-13)11-19-12-15-16(18)5-4-6-17(15)20-9-2-3-10-20/h4-8,19H,2-3,9-12H2,1H3. The van der Waals surface area contributed by atoms with Gasteiger partial charge in [0.1, 0.15) is 5.82 Å². The van der Waals surface area contributed by atoms with E-state index in [-0.39, 0.29) is 5.82 Å². The van der Waals surface area contributed by atoms with Gasteiger partial charge in [-0.3, -0.25) is 0 Å². The number of halogens is 1. The van der Waals surface area contributed by atoms with Crippen molar-refractivity contribution in [2.24, 2.45) is 0 Å². The van der Waals surface area contributed by atoms with Crippen LogP contribution in [0.5, 0.6) is 0 Å². The van der Waals surface area contributed by atoms with Crippen molar-refractivity contribution in [1.82, 2.24) is 5.32 Å². The Morgan fingerprint density at radius 1 is 1.14 bits per heavy atom. The molecule has 1 aliphatic heterocycles. The number of nitrogens with zero attached hydrogens (tertiary/aromatic N) is 1. The number of rotatable bonds is 5. The third-order valence-electron chi connectivity index (χ3n) is 3.94. The van der Waals surface area contributed by atoms with Crippen LogP contribution in [0, 0.1) is 12.7 Å². The molecule has 2 nitrogen and oxygen atoms in total. The van der Waals surface area contributed by atoms with Crippen LogP contribution in [0.1, 0.15) is 28.2 Å². The van der Waals surface area contributed by atoms with Gasteiger partial charge in [0.05, 0.1) is 0 Å². The van der Waals surface area contributed by atoms with Crippen molar-refractivity contribution in [3.63, 3.8) is 0 Å². The average molecular weight is 304 g/mol. The first kappa shape index (κ1) is 14.5. The third kappa shape index (κ3) is 3.44. The lowest BCUT2D eigenvalue weighted by molar-refractivity contribution is 0.588. The Morgan fingerprint density at radius 2 is 1.95 bits per heavy atom. The minimum atomic E-state index is -0.103. The molecular formula is C17H21FN2S. The van der Waals surface area contributed by atoms with E-state index in [9.17, 15) is 4.39 Å². The molecule has 112 valence electrons. The fourth-order valence-electron chi connectivity index (χ4n) is 2.87. The van der Waals surface area contributed by atoms with Gasteiger partial charge in [-0.25, -0.2) is 4.39 Å². The molecule has 2 aromatic rings. The molecule has 1 fully saturated rings. The van der Waals surface area contributed by atoms with Crippen LogP contribution in [0.4, 0.5) is 10.1 Å². The Hall–Kier alpha value is -1.39. The Kier molecular flexibility index (Phi) is 4.56. The monoisotopic (exact) mass is 304 g/mol. The van der Waals surface area contributed by atoms with Gasteiger partial charge in [-0.1, -0.05) is 6.07 Å². The summed E-state index contributed by atoms with van der Waals surface area (Å²) in [7, 11) is 0. The van der Waals surface area contributed by atoms with Crippen LogP contribution < -0.4 is 10.2 Å². The van der Waals surface area contributed by atoms with Crippen molar-refractivity contribution in [2.45, 2.75) is 32.9 Å². The molecule has 0 bridgehead atoms. The molecule has 0 unspecified atom stereocenters. The summed E-state index contributed by atoms with van der Waals surface area (Å²) in [4.78, 5) is 4.91. The van der Waals surface area contributed by atoms with Crippen LogP contribution in [-0.4, -0.2) is 13.1 Å². The number of aryl methyl sites for hydroxylation is 1. The Labute approximate surface area is 129 Å². The molecule has 21 heavy (non-hydrogen) atoms. The second kappa shape index (κ2) is 6.58. The summed E-state index contributed by atoms with van der Waals surface area (Å²) in [6.07, 6.45) is 2.41. The van der Waals surface area contributed by atoms with Crippen LogP contribution in [0.25, 0.3) is 0 Å². The predicted molar refractivity (Wildman–Crippen MR) is 87.4 cm³/mol. The first-order valence-corrected chi connectivity index (χ1v) is 8.34. The van der Waals surface area contributed by atoms with E-state index in [0.717, 1.165) is 30.9 Å². The number of hydrogen-bond acceptors (Lipinski definition) is 3. The first-order chi connectivity index (χ1) is 10.2. The average Bonchev–Trinajstić information content (AvgIpc) is 3.12. The van der Waals surface area contributed by atoms with Gasteiger partial charge in [0.2, 0.25) is 0 Å². The summed E-state index contributed by atoms with van der Waals surface area (Å²) < 4.78 is 14.2. The minimum Gasteiger partial charge on any atom is -0.371 e. The SMILES string of the molecule is Cc1ccc(CNCc2c(F)cccc2N2CCCC2)s1. The second-order valence-electron chi connectivity index (χ2n) is 5.55. The van der Waals surface area contributed by atoms with Gasteiger partial charge >= 0.3 is 0 Å². The van der Waals surface area contributed by atoms with Crippen LogP contribution in [-0.2, 0) is 13.1 Å². The maximum atomic E-state index is 14.2. The molecule has 2 heterocycles. The zero-order valence-corrected chi connectivity index (χ0v) is 13.2. The Morgan fingerprint density at radius 3 is 2.67 bits per heavy atom. The van der Waals surface area contributed by atoms with E-state index >= 15 is 0 Å². The maximum absolute atomic E-state index is 14.2. The maximum Gasteiger partial charge on any atom is 0.129 e. The Balaban J connectivity index is 1.69. The van der Waals surface area contributed by atoms with E-state index in [2.05, 4.69) is 29.3 Å². The van der Waals surface area contributed by atoms with Crippen LogP contribution in [0.15, 0.2) is 30.3 Å². The molecule has 0 radical (unpaired) electrons. The highest BCUT2D eigenvalue weighted by Crippen LogP contribution is 2.26. The molecule has 1 aliphatic rings. The fourth-order valence-corrected chi connectivity index (χ4v) is 3.73. The molecule has 0 amide bonds. The molecule has 0 spiro atoms. The predicted octanol–water partition coefficient (Wildman–Crippen LogP) is 4.09. The molecule has 1 aromatic carbocycles. The number of benzene rings is 1. The van der Waals surface area contributed by atoms with Crippen molar-refractivity contribution in [3.05, 3.63) is 51.5 Å². The molecule has 3 rings (SSSR count). The fraction of sp³-hybridized carbons (Fsp3) is 0.412. The van der Waals surface area contributed by atoms with Gasteiger partial charge in [0.15, 0.2) is 0 Å². The van der Waals surface area contributed by atoms with E-state index in [1.165, 1.54) is 22.6 Å². The largest absolute Gasteiger partial charge is 0.371 e. The molecule has 1 aromatic heterocycles. The van der Waals surface area contributed by atoms with Gasteiger partial charge in [0.25, 0.3) is 0 Å². The molecule has 0 aliphatic carbocycles. The highest BCUT2D eigenvalue weighted by molar-refractivity contribution is 7.11. The van der Waals surface area contributed by atoms with Crippen molar-refractivity contribution in [1.29, 1.82) is 0 Å². The number of nitrogens with one attached hydrogen (secondary N) is 1. The van der Waals surface area contributed by atoms with Gasteiger partial charge in [-0.2, -0.15) is 0 Å². The van der Waals surface area contributed by atoms with Gasteiger partial charge in [-0.05, 0) is 44.0 Å². The summed E-state index contributed by atoms with van der Waals surface area (Å²) in [5, 5.41) is 3.38. The molecule has 0 saturated carbocycles. The number of thiophene rings is 1. The normalized spacial score (nSPS) is 14.9. The lowest BCUT2D eigenvalue weighted by Gasteiger charge is -2.22. The highest BCUT2D eigenvalue weighted by Gasteiger charge is 2.17. The highest BCUT2D eigenvalue weighted by atomic mass is 32.1. The summed E-state index contributed by atoms with van der Waals surface area (Å²) in [6.45, 7) is 5.57. The van der Waals surface area contributed by atoms with E-state index in [1.807, 2.05) is 12.1 Å². The van der Waals surface area contributed by atoms with Crippen LogP contribution in [0.2, 0.25) is 0 Å². The molecule has 1 N–H and O–H groups in total. The zero-order valence-electron chi connectivity index (χ0n) is 12.4. The van der Waals surface area contributed by atoms with E-state index < -0.39 is 0 Å². The minimum absolute atomic E-state index is 0.103. The van der Waals surface area contributed by atoms with Gasteiger partial charge in [-0.15, -0.1) is 11.3 Å². The molecule has 1 saturated heterocycles. The lowest BCUT2D eigenvalue weighted by Crippen LogP contribution is -2.22. The molecule has 0 atom stereocenters. The summed E-state index contributed by atoms with van der Waals surface area (Å²) in [5.41, 5.74) is 1.86. The smallest absolute Gasteiger partial charge is 0.129 e.